The lowest BCUT2D eigenvalue weighted by Gasteiger charge is -2.05. The van der Waals surface area contributed by atoms with Crippen molar-refractivity contribution >= 4 is 33.5 Å². The second-order valence-electron chi connectivity index (χ2n) is 6.57. The van der Waals surface area contributed by atoms with Crippen molar-refractivity contribution in [1.29, 1.82) is 0 Å². The Bertz CT molecular complexity index is 1250. The number of anilines is 1. The van der Waals surface area contributed by atoms with Gasteiger partial charge >= 0.3 is 5.69 Å². The van der Waals surface area contributed by atoms with Crippen molar-refractivity contribution in [2.24, 2.45) is 7.05 Å². The molecule has 0 aliphatic carbocycles. The van der Waals surface area contributed by atoms with Gasteiger partial charge in [-0.05, 0) is 31.0 Å². The lowest BCUT2D eigenvalue weighted by atomic mass is 10.1. The number of thiazole rings is 1. The van der Waals surface area contributed by atoms with E-state index in [9.17, 15) is 9.59 Å². The zero-order chi connectivity index (χ0) is 19.8. The van der Waals surface area contributed by atoms with Gasteiger partial charge in [0.15, 0.2) is 10.8 Å². The highest BCUT2D eigenvalue weighted by molar-refractivity contribution is 7.14. The average Bonchev–Trinajstić information content (AvgIpc) is 3.28. The molecule has 1 N–H and O–H groups in total. The number of nitrogens with one attached hydrogen (secondary N) is 1. The molecular formula is C19H18N6O2S. The Morgan fingerprint density at radius 2 is 2.04 bits per heavy atom. The minimum absolute atomic E-state index is 0.0505. The molecule has 0 atom stereocenters. The number of carbonyl (C=O) groups excluding carboxylic acids is 1. The van der Waals surface area contributed by atoms with Gasteiger partial charge in [0.2, 0.25) is 5.91 Å². The molecule has 1 amide bonds. The molecule has 3 heterocycles. The summed E-state index contributed by atoms with van der Waals surface area (Å²) >= 11 is 1.38. The van der Waals surface area contributed by atoms with Gasteiger partial charge in [-0.3, -0.25) is 9.36 Å². The molecule has 0 saturated carbocycles. The number of nitrogens with zero attached hydrogens (tertiary/aromatic N) is 5. The number of carbonyl (C=O) groups is 1. The lowest BCUT2D eigenvalue weighted by molar-refractivity contribution is -0.116. The third-order valence-electron chi connectivity index (χ3n) is 4.63. The van der Waals surface area contributed by atoms with E-state index in [0.29, 0.717) is 16.3 Å². The van der Waals surface area contributed by atoms with E-state index >= 15 is 0 Å². The molecule has 0 bridgehead atoms. The molecule has 0 unspecified atom stereocenters. The number of benzene rings is 1. The van der Waals surface area contributed by atoms with Gasteiger partial charge in [-0.15, -0.1) is 11.3 Å². The molecule has 0 radical (unpaired) electrons. The van der Waals surface area contributed by atoms with Crippen LogP contribution in [0.3, 0.4) is 0 Å². The van der Waals surface area contributed by atoms with Crippen LogP contribution in [0, 0.1) is 13.8 Å². The molecule has 0 saturated heterocycles. The Morgan fingerprint density at radius 3 is 2.82 bits per heavy atom. The molecule has 0 fully saturated rings. The van der Waals surface area contributed by atoms with Gasteiger partial charge in [0, 0.05) is 18.0 Å². The highest BCUT2D eigenvalue weighted by atomic mass is 32.1. The Hall–Kier alpha value is -3.33. The summed E-state index contributed by atoms with van der Waals surface area (Å²) in [6, 6.07) is 6.18. The molecule has 9 heteroatoms. The number of amides is 1. The van der Waals surface area contributed by atoms with Crippen molar-refractivity contribution in [3.8, 4) is 11.3 Å². The molecule has 0 aliphatic heterocycles. The fourth-order valence-corrected chi connectivity index (χ4v) is 3.60. The summed E-state index contributed by atoms with van der Waals surface area (Å²) in [4.78, 5) is 36.5. The van der Waals surface area contributed by atoms with Gasteiger partial charge in [-0.25, -0.2) is 14.8 Å². The van der Waals surface area contributed by atoms with Crippen LogP contribution in [0.5, 0.6) is 0 Å². The van der Waals surface area contributed by atoms with Crippen LogP contribution < -0.4 is 11.0 Å². The topological polar surface area (TPSA) is 94.7 Å². The summed E-state index contributed by atoms with van der Waals surface area (Å²) < 4.78 is 3.00. The Balaban J connectivity index is 1.50. The van der Waals surface area contributed by atoms with E-state index in [-0.39, 0.29) is 18.1 Å². The van der Waals surface area contributed by atoms with Crippen LogP contribution in [0.1, 0.15) is 11.1 Å². The number of hydrogen-bond acceptors (Lipinski definition) is 6. The van der Waals surface area contributed by atoms with Crippen LogP contribution in [-0.2, 0) is 18.4 Å². The van der Waals surface area contributed by atoms with Gasteiger partial charge in [-0.1, -0.05) is 12.1 Å². The highest BCUT2D eigenvalue weighted by Gasteiger charge is 2.12. The SMILES string of the molecule is Cc1ccc(-c2csc(NC(=O)Cn3cnc4c3cnc(=O)n4C)n2)cc1C. The molecular weight excluding hydrogens is 376 g/mol. The van der Waals surface area contributed by atoms with E-state index in [1.165, 1.54) is 39.6 Å². The molecule has 3 aromatic heterocycles. The second-order valence-corrected chi connectivity index (χ2v) is 7.42. The Labute approximate surface area is 164 Å². The summed E-state index contributed by atoms with van der Waals surface area (Å²) in [6.45, 7) is 4.18. The van der Waals surface area contributed by atoms with Gasteiger partial charge in [0.25, 0.3) is 0 Å². The third kappa shape index (κ3) is 3.31. The first-order valence-corrected chi connectivity index (χ1v) is 9.50. The molecule has 1 aromatic carbocycles. The van der Waals surface area contributed by atoms with Crippen molar-refractivity contribution in [3.63, 3.8) is 0 Å². The van der Waals surface area contributed by atoms with Crippen LogP contribution in [0.15, 0.2) is 40.9 Å². The van der Waals surface area contributed by atoms with Gasteiger partial charge in [-0.2, -0.15) is 4.98 Å². The number of aryl methyl sites for hydroxylation is 3. The standard InChI is InChI=1S/C19H18N6O2S/c1-11-4-5-13(6-12(11)2)14-9-28-18(22-14)23-16(26)8-25-10-21-17-15(25)7-20-19(27)24(17)3/h4-7,9-10H,8H2,1-3H3,(H,22,23,26). The number of fused-ring (bicyclic) bond motifs is 1. The maximum atomic E-state index is 12.4. The molecule has 8 nitrogen and oxygen atoms in total. The summed E-state index contributed by atoms with van der Waals surface area (Å²) in [5.41, 5.74) is 5.00. The average molecular weight is 394 g/mol. The van der Waals surface area contributed by atoms with Gasteiger partial charge in [0.05, 0.1) is 18.2 Å². The number of aromatic nitrogens is 5. The first-order valence-electron chi connectivity index (χ1n) is 8.62. The zero-order valence-electron chi connectivity index (χ0n) is 15.6. The maximum Gasteiger partial charge on any atom is 0.349 e. The maximum absolute atomic E-state index is 12.4. The van der Waals surface area contributed by atoms with Crippen molar-refractivity contribution in [3.05, 3.63) is 57.7 Å². The quantitative estimate of drug-likeness (QED) is 0.574. The molecule has 0 spiro atoms. The Kier molecular flexibility index (Phi) is 4.52. The fourth-order valence-electron chi connectivity index (χ4n) is 2.87. The van der Waals surface area contributed by atoms with Crippen LogP contribution in [-0.4, -0.2) is 30.0 Å². The van der Waals surface area contributed by atoms with E-state index in [1.54, 1.807) is 11.6 Å². The largest absolute Gasteiger partial charge is 0.349 e. The van der Waals surface area contributed by atoms with Crippen LogP contribution >= 0.6 is 11.3 Å². The van der Waals surface area contributed by atoms with E-state index in [4.69, 9.17) is 0 Å². The van der Waals surface area contributed by atoms with Crippen molar-refractivity contribution < 1.29 is 4.79 Å². The minimum Gasteiger partial charge on any atom is -0.318 e. The van der Waals surface area contributed by atoms with Crippen LogP contribution in [0.4, 0.5) is 5.13 Å². The normalized spacial score (nSPS) is 11.1. The molecule has 0 aliphatic rings. The molecule has 142 valence electrons. The van der Waals surface area contributed by atoms with E-state index in [2.05, 4.69) is 46.2 Å². The first-order chi connectivity index (χ1) is 13.4. The van der Waals surface area contributed by atoms with Crippen LogP contribution in [0.25, 0.3) is 22.4 Å². The van der Waals surface area contributed by atoms with E-state index in [0.717, 1.165) is 11.3 Å². The smallest absolute Gasteiger partial charge is 0.318 e. The highest BCUT2D eigenvalue weighted by Crippen LogP contribution is 2.26. The predicted molar refractivity (Wildman–Crippen MR) is 108 cm³/mol. The molecule has 4 aromatic rings. The summed E-state index contributed by atoms with van der Waals surface area (Å²) in [5.74, 6) is -0.228. The van der Waals surface area contributed by atoms with E-state index in [1.807, 2.05) is 11.4 Å². The van der Waals surface area contributed by atoms with Gasteiger partial charge < -0.3 is 9.88 Å². The minimum atomic E-state index is -0.385. The third-order valence-corrected chi connectivity index (χ3v) is 5.38. The van der Waals surface area contributed by atoms with Crippen molar-refractivity contribution in [2.45, 2.75) is 20.4 Å². The molecule has 4 rings (SSSR count). The fraction of sp³-hybridized carbons (Fsp3) is 0.211. The van der Waals surface area contributed by atoms with Gasteiger partial charge in [0.1, 0.15) is 12.1 Å². The van der Waals surface area contributed by atoms with Crippen molar-refractivity contribution in [1.82, 2.24) is 24.1 Å². The summed E-state index contributed by atoms with van der Waals surface area (Å²) in [5, 5.41) is 5.28. The predicted octanol–water partition coefficient (Wildman–Crippen LogP) is 2.51. The summed E-state index contributed by atoms with van der Waals surface area (Å²) in [6.07, 6.45) is 2.95. The Morgan fingerprint density at radius 1 is 1.21 bits per heavy atom. The molecule has 28 heavy (non-hydrogen) atoms. The monoisotopic (exact) mass is 394 g/mol. The lowest BCUT2D eigenvalue weighted by Crippen LogP contribution is -2.21. The summed E-state index contributed by atoms with van der Waals surface area (Å²) in [7, 11) is 1.60. The number of imidazole rings is 1. The second kappa shape index (κ2) is 7.01. The number of rotatable bonds is 4. The van der Waals surface area contributed by atoms with Crippen LogP contribution in [0.2, 0.25) is 0 Å². The zero-order valence-corrected chi connectivity index (χ0v) is 16.4. The first kappa shape index (κ1) is 18.1. The number of hydrogen-bond donors (Lipinski definition) is 1. The van der Waals surface area contributed by atoms with E-state index < -0.39 is 0 Å². The van der Waals surface area contributed by atoms with Crippen molar-refractivity contribution in [2.75, 3.05) is 5.32 Å².